The van der Waals surface area contributed by atoms with Gasteiger partial charge >= 0.3 is 0 Å². The molecule has 182 valence electrons. The van der Waals surface area contributed by atoms with Gasteiger partial charge in [-0.3, -0.25) is 9.52 Å². The van der Waals surface area contributed by atoms with E-state index in [4.69, 9.17) is 0 Å². The van der Waals surface area contributed by atoms with E-state index >= 15 is 0 Å². The summed E-state index contributed by atoms with van der Waals surface area (Å²) in [6.45, 7) is 3.08. The zero-order valence-corrected chi connectivity index (χ0v) is 20.7. The second kappa shape index (κ2) is 9.43. The molecule has 0 radical (unpaired) electrons. The first-order valence-electron chi connectivity index (χ1n) is 11.4. The molecular weight excluding hydrogens is 487 g/mol. The number of aromatic nitrogens is 2. The van der Waals surface area contributed by atoms with Crippen LogP contribution in [0.5, 0.6) is 0 Å². The Morgan fingerprint density at radius 1 is 1.14 bits per heavy atom. The summed E-state index contributed by atoms with van der Waals surface area (Å²) >= 11 is 1.22. The Kier molecular flexibility index (Phi) is 6.33. The molecule has 0 aliphatic carbocycles. The molecule has 5 rings (SSSR count). The lowest BCUT2D eigenvalue weighted by Gasteiger charge is -2.34. The van der Waals surface area contributed by atoms with Gasteiger partial charge in [-0.05, 0) is 61.6 Å². The fourth-order valence-electron chi connectivity index (χ4n) is 4.67. The predicted molar refractivity (Wildman–Crippen MR) is 135 cm³/mol. The molecule has 0 unspecified atom stereocenters. The Labute approximate surface area is 207 Å². The number of rotatable bonds is 6. The van der Waals surface area contributed by atoms with Gasteiger partial charge in [0.1, 0.15) is 11.9 Å². The molecule has 1 aliphatic heterocycles. The van der Waals surface area contributed by atoms with Crippen LogP contribution in [0.25, 0.3) is 10.9 Å². The van der Waals surface area contributed by atoms with Gasteiger partial charge in [-0.15, -0.1) is 11.3 Å². The van der Waals surface area contributed by atoms with Gasteiger partial charge in [0.15, 0.2) is 5.13 Å². The summed E-state index contributed by atoms with van der Waals surface area (Å²) < 4.78 is 43.5. The Hall–Kier alpha value is -3.24. The molecule has 1 fully saturated rings. The smallest absolute Gasteiger partial charge is 0.263 e. The summed E-state index contributed by atoms with van der Waals surface area (Å²) in [6, 6.07) is 13.1. The molecule has 7 nitrogen and oxygen atoms in total. The van der Waals surface area contributed by atoms with Crippen LogP contribution in [0.2, 0.25) is 0 Å². The third-order valence-electron chi connectivity index (χ3n) is 6.61. The van der Waals surface area contributed by atoms with Crippen LogP contribution < -0.4 is 4.72 Å². The first-order valence-corrected chi connectivity index (χ1v) is 13.8. The summed E-state index contributed by atoms with van der Waals surface area (Å²) in [6.07, 6.45) is 4.90. The number of likely N-dealkylation sites (tertiary alicyclic amines) is 1. The number of nitrogens with one attached hydrogen (secondary N) is 1. The summed E-state index contributed by atoms with van der Waals surface area (Å²) in [5.74, 6) is -0.0287. The van der Waals surface area contributed by atoms with Gasteiger partial charge < -0.3 is 9.47 Å². The molecule has 1 aliphatic rings. The van der Waals surface area contributed by atoms with Gasteiger partial charge in [-0.2, -0.15) is 0 Å². The Morgan fingerprint density at radius 3 is 2.57 bits per heavy atom. The average Bonchev–Trinajstić information content (AvgIpc) is 3.54. The summed E-state index contributed by atoms with van der Waals surface area (Å²) in [5.41, 5.74) is 1.77. The highest BCUT2D eigenvalue weighted by atomic mass is 32.2. The second-order valence-electron chi connectivity index (χ2n) is 8.68. The van der Waals surface area contributed by atoms with E-state index < -0.39 is 16.1 Å². The fraction of sp³-hybridized carbons (Fsp3) is 0.280. The van der Waals surface area contributed by atoms with E-state index in [1.54, 1.807) is 42.0 Å². The highest BCUT2D eigenvalue weighted by Crippen LogP contribution is 2.31. The molecule has 1 N–H and O–H groups in total. The first-order chi connectivity index (χ1) is 16.8. The maximum absolute atomic E-state index is 14.0. The van der Waals surface area contributed by atoms with Crippen molar-refractivity contribution in [3.05, 3.63) is 77.7 Å². The minimum absolute atomic E-state index is 0.0138. The summed E-state index contributed by atoms with van der Waals surface area (Å²) in [7, 11) is -3.68. The normalized spacial score (nSPS) is 15.9. The largest absolute Gasteiger partial charge is 0.341 e. The lowest BCUT2D eigenvalue weighted by molar-refractivity contribution is -0.135. The Balaban J connectivity index is 1.22. The van der Waals surface area contributed by atoms with Crippen molar-refractivity contribution in [3.63, 3.8) is 0 Å². The molecule has 4 aromatic rings. The number of piperidine rings is 1. The number of halogens is 1. The highest BCUT2D eigenvalue weighted by Gasteiger charge is 2.28. The number of sulfonamides is 1. The molecule has 2 aromatic carbocycles. The number of benzene rings is 2. The average molecular weight is 513 g/mol. The summed E-state index contributed by atoms with van der Waals surface area (Å²) in [5, 5.41) is 2.55. The highest BCUT2D eigenvalue weighted by molar-refractivity contribution is 7.93. The van der Waals surface area contributed by atoms with Crippen molar-refractivity contribution in [3.8, 4) is 0 Å². The molecule has 1 amide bonds. The van der Waals surface area contributed by atoms with E-state index in [0.717, 1.165) is 18.4 Å². The maximum atomic E-state index is 14.0. The molecule has 1 saturated heterocycles. The molecule has 2 aromatic heterocycles. The number of anilines is 1. The maximum Gasteiger partial charge on any atom is 0.263 e. The van der Waals surface area contributed by atoms with E-state index in [-0.39, 0.29) is 22.5 Å². The summed E-state index contributed by atoms with van der Waals surface area (Å²) in [4.78, 5) is 19.2. The number of thiazole rings is 1. The molecule has 35 heavy (non-hydrogen) atoms. The van der Waals surface area contributed by atoms with Crippen molar-refractivity contribution in [2.24, 2.45) is 0 Å². The lowest BCUT2D eigenvalue weighted by atomic mass is 9.89. The van der Waals surface area contributed by atoms with Gasteiger partial charge in [0.2, 0.25) is 5.91 Å². The zero-order chi connectivity index (χ0) is 24.6. The van der Waals surface area contributed by atoms with Gasteiger partial charge in [-0.1, -0.05) is 18.2 Å². The van der Waals surface area contributed by atoms with Gasteiger partial charge in [0, 0.05) is 36.2 Å². The van der Waals surface area contributed by atoms with Crippen LogP contribution in [0, 0.1) is 5.82 Å². The second-order valence-corrected chi connectivity index (χ2v) is 11.3. The topological polar surface area (TPSA) is 84.3 Å². The molecule has 0 spiro atoms. The number of fused-ring (bicyclic) bond motifs is 1. The number of hydrogen-bond donors (Lipinski definition) is 1. The number of hydrogen-bond acceptors (Lipinski definition) is 5. The van der Waals surface area contributed by atoms with Gasteiger partial charge in [0.05, 0.1) is 10.4 Å². The van der Waals surface area contributed by atoms with Crippen molar-refractivity contribution in [2.75, 3.05) is 17.8 Å². The zero-order valence-electron chi connectivity index (χ0n) is 19.1. The molecule has 0 bridgehead atoms. The van der Waals surface area contributed by atoms with E-state index in [0.29, 0.717) is 29.1 Å². The van der Waals surface area contributed by atoms with Crippen LogP contribution in [0.3, 0.4) is 0 Å². The number of nitrogens with zero attached hydrogens (tertiary/aromatic N) is 3. The van der Waals surface area contributed by atoms with Crippen molar-refractivity contribution in [1.82, 2.24) is 14.5 Å². The van der Waals surface area contributed by atoms with Crippen molar-refractivity contribution >= 4 is 43.3 Å². The Morgan fingerprint density at radius 2 is 1.89 bits per heavy atom. The van der Waals surface area contributed by atoms with Crippen LogP contribution in [-0.4, -0.2) is 41.9 Å². The lowest BCUT2D eigenvalue weighted by Crippen LogP contribution is -2.41. The molecule has 1 atom stereocenters. The minimum atomic E-state index is -3.68. The SMILES string of the molecule is C[C@H](C(=O)N1CCC(c2ccc(S(=O)(=O)Nc3nccs3)cc2)CC1)n1ccc2c(F)cccc21. The Bertz CT molecular complexity index is 1440. The van der Waals surface area contributed by atoms with E-state index in [9.17, 15) is 17.6 Å². The van der Waals surface area contributed by atoms with Crippen molar-refractivity contribution in [2.45, 2.75) is 36.6 Å². The van der Waals surface area contributed by atoms with E-state index in [2.05, 4.69) is 9.71 Å². The number of carbonyl (C=O) groups is 1. The van der Waals surface area contributed by atoms with Crippen molar-refractivity contribution < 1.29 is 17.6 Å². The molecular formula is C25H25FN4O3S2. The van der Waals surface area contributed by atoms with Crippen LogP contribution in [-0.2, 0) is 14.8 Å². The molecule has 10 heteroatoms. The predicted octanol–water partition coefficient (Wildman–Crippen LogP) is 5.00. The van der Waals surface area contributed by atoms with Crippen LogP contribution in [0.4, 0.5) is 9.52 Å². The molecule has 3 heterocycles. The fourth-order valence-corrected chi connectivity index (χ4v) is 6.46. The van der Waals surface area contributed by atoms with Crippen LogP contribution in [0.15, 0.2) is 71.2 Å². The number of amides is 1. The van der Waals surface area contributed by atoms with Gasteiger partial charge in [0.25, 0.3) is 10.0 Å². The van der Waals surface area contributed by atoms with Crippen molar-refractivity contribution in [1.29, 1.82) is 0 Å². The first kappa shape index (κ1) is 23.5. The third-order valence-corrected chi connectivity index (χ3v) is 8.78. The van der Waals surface area contributed by atoms with Crippen LogP contribution >= 0.6 is 11.3 Å². The molecule has 0 saturated carbocycles. The number of carbonyl (C=O) groups excluding carboxylic acids is 1. The monoisotopic (exact) mass is 512 g/mol. The van der Waals surface area contributed by atoms with Crippen LogP contribution in [0.1, 0.15) is 37.3 Å². The van der Waals surface area contributed by atoms with E-state index in [1.807, 2.05) is 34.6 Å². The minimum Gasteiger partial charge on any atom is -0.341 e. The van der Waals surface area contributed by atoms with Gasteiger partial charge in [-0.25, -0.2) is 17.8 Å². The quantitative estimate of drug-likeness (QED) is 0.394. The third kappa shape index (κ3) is 4.68. The standard InChI is InChI=1S/C25H25FN4O3S2/c1-17(30-15-11-21-22(26)3-2-4-23(21)30)24(31)29-13-9-19(10-14-29)18-5-7-20(8-6-18)35(32,33)28-25-27-12-16-34-25/h2-8,11-12,15-17,19H,9-10,13-14H2,1H3,(H,27,28)/t17-/m1/s1. The van der Waals surface area contributed by atoms with E-state index in [1.165, 1.54) is 17.4 Å².